The summed E-state index contributed by atoms with van der Waals surface area (Å²) in [6, 6.07) is 13.7. The number of nitrogens with zero attached hydrogens (tertiary/aromatic N) is 4. The van der Waals surface area contributed by atoms with Crippen molar-refractivity contribution in [2.75, 3.05) is 26.2 Å². The summed E-state index contributed by atoms with van der Waals surface area (Å²) in [5.41, 5.74) is 3.09. The summed E-state index contributed by atoms with van der Waals surface area (Å²) in [6.07, 6.45) is 3.70. The molecule has 1 aliphatic heterocycles. The average Bonchev–Trinajstić information content (AvgIpc) is 3.40. The van der Waals surface area contributed by atoms with Gasteiger partial charge in [0, 0.05) is 32.2 Å². The molecule has 6 heteroatoms. The lowest BCUT2D eigenvalue weighted by molar-refractivity contribution is 0.0795. The third-order valence-electron chi connectivity index (χ3n) is 5.81. The van der Waals surface area contributed by atoms with Crippen molar-refractivity contribution in [1.82, 2.24) is 19.9 Å². The molecule has 0 unspecified atom stereocenters. The van der Waals surface area contributed by atoms with Gasteiger partial charge in [-0.15, -0.1) is 11.3 Å². The molecule has 2 aliphatic rings. The molecular weight excluding hydrogens is 356 g/mol. The number of thiophene rings is 1. The molecular formula is C21H24N4OS. The van der Waals surface area contributed by atoms with E-state index in [2.05, 4.69) is 44.2 Å². The molecule has 3 heterocycles. The molecule has 0 radical (unpaired) electrons. The van der Waals surface area contributed by atoms with Gasteiger partial charge < -0.3 is 4.52 Å². The predicted molar refractivity (Wildman–Crippen MR) is 107 cm³/mol. The van der Waals surface area contributed by atoms with Crippen molar-refractivity contribution in [3.05, 3.63) is 58.8 Å². The molecule has 0 saturated carbocycles. The van der Waals surface area contributed by atoms with Crippen molar-refractivity contribution in [3.8, 4) is 10.7 Å². The first-order valence-corrected chi connectivity index (χ1v) is 10.6. The van der Waals surface area contributed by atoms with E-state index in [9.17, 15) is 0 Å². The number of aromatic nitrogens is 2. The first-order valence-electron chi connectivity index (χ1n) is 9.75. The molecule has 3 aromatic rings. The zero-order valence-corrected chi connectivity index (χ0v) is 16.2. The van der Waals surface area contributed by atoms with Crippen molar-refractivity contribution < 1.29 is 4.52 Å². The smallest absolute Gasteiger partial charge is 0.241 e. The van der Waals surface area contributed by atoms with E-state index < -0.39 is 0 Å². The molecule has 2 aromatic heterocycles. The maximum absolute atomic E-state index is 5.46. The van der Waals surface area contributed by atoms with Crippen LogP contribution in [-0.2, 0) is 19.4 Å². The average molecular weight is 381 g/mol. The summed E-state index contributed by atoms with van der Waals surface area (Å²) in [5, 5.41) is 6.16. The van der Waals surface area contributed by atoms with E-state index in [-0.39, 0.29) is 0 Å². The van der Waals surface area contributed by atoms with Crippen LogP contribution in [0.3, 0.4) is 0 Å². The number of rotatable bonds is 4. The van der Waals surface area contributed by atoms with E-state index >= 15 is 0 Å². The normalized spacial score (nSPS) is 21.3. The van der Waals surface area contributed by atoms with Crippen molar-refractivity contribution in [2.45, 2.75) is 31.8 Å². The minimum Gasteiger partial charge on any atom is -0.338 e. The van der Waals surface area contributed by atoms with E-state index in [1.54, 1.807) is 22.5 Å². The van der Waals surface area contributed by atoms with Gasteiger partial charge in [-0.2, -0.15) is 4.98 Å². The van der Waals surface area contributed by atoms with Crippen molar-refractivity contribution in [1.29, 1.82) is 0 Å². The van der Waals surface area contributed by atoms with Crippen LogP contribution in [0.5, 0.6) is 0 Å². The van der Waals surface area contributed by atoms with E-state index in [4.69, 9.17) is 4.52 Å². The summed E-state index contributed by atoms with van der Waals surface area (Å²) in [4.78, 5) is 10.7. The van der Waals surface area contributed by atoms with Crippen molar-refractivity contribution >= 4 is 11.3 Å². The topological polar surface area (TPSA) is 45.4 Å². The fourth-order valence-electron chi connectivity index (χ4n) is 4.29. The van der Waals surface area contributed by atoms with Crippen LogP contribution >= 0.6 is 11.3 Å². The summed E-state index contributed by atoms with van der Waals surface area (Å²) in [6.45, 7) is 5.13. The zero-order chi connectivity index (χ0) is 18.1. The van der Waals surface area contributed by atoms with Gasteiger partial charge in [-0.1, -0.05) is 35.5 Å². The maximum Gasteiger partial charge on any atom is 0.241 e. The van der Waals surface area contributed by atoms with Gasteiger partial charge in [0.25, 0.3) is 0 Å². The SMILES string of the molecule is c1csc(-c2noc(CN3CCN([C@H]4CCc5ccccc5C4)CC3)n2)c1. The highest BCUT2D eigenvalue weighted by Gasteiger charge is 2.27. The highest BCUT2D eigenvalue weighted by Crippen LogP contribution is 2.26. The van der Waals surface area contributed by atoms with Gasteiger partial charge in [0.05, 0.1) is 11.4 Å². The molecule has 0 bridgehead atoms. The summed E-state index contributed by atoms with van der Waals surface area (Å²) in [5.74, 6) is 1.43. The molecule has 1 aliphatic carbocycles. The number of piperazine rings is 1. The third-order valence-corrected chi connectivity index (χ3v) is 6.68. The van der Waals surface area contributed by atoms with Gasteiger partial charge in [0.1, 0.15) is 0 Å². The lowest BCUT2D eigenvalue weighted by atomic mass is 9.87. The van der Waals surface area contributed by atoms with E-state index in [1.165, 1.54) is 19.3 Å². The number of benzene rings is 1. The number of aryl methyl sites for hydroxylation is 1. The van der Waals surface area contributed by atoms with Crippen LogP contribution < -0.4 is 0 Å². The van der Waals surface area contributed by atoms with Gasteiger partial charge in [0.2, 0.25) is 11.7 Å². The Balaban J connectivity index is 1.15. The van der Waals surface area contributed by atoms with E-state index in [1.807, 2.05) is 17.5 Å². The van der Waals surface area contributed by atoms with E-state index in [0.717, 1.165) is 43.5 Å². The Labute approximate surface area is 163 Å². The molecule has 5 nitrogen and oxygen atoms in total. The largest absolute Gasteiger partial charge is 0.338 e. The minimum absolute atomic E-state index is 0.691. The fraction of sp³-hybridized carbons (Fsp3) is 0.429. The third kappa shape index (κ3) is 3.70. The molecule has 27 heavy (non-hydrogen) atoms. The second-order valence-corrected chi connectivity index (χ2v) is 8.41. The van der Waals surface area contributed by atoms with Gasteiger partial charge >= 0.3 is 0 Å². The van der Waals surface area contributed by atoms with Gasteiger partial charge in [-0.3, -0.25) is 9.80 Å². The van der Waals surface area contributed by atoms with Gasteiger partial charge in [0.15, 0.2) is 0 Å². The van der Waals surface area contributed by atoms with Crippen LogP contribution in [0.4, 0.5) is 0 Å². The zero-order valence-electron chi connectivity index (χ0n) is 15.4. The van der Waals surface area contributed by atoms with Crippen molar-refractivity contribution in [2.24, 2.45) is 0 Å². The Kier molecular flexibility index (Phi) is 4.78. The van der Waals surface area contributed by atoms with Crippen LogP contribution in [0, 0.1) is 0 Å². The molecule has 1 atom stereocenters. The number of fused-ring (bicyclic) bond motifs is 1. The molecule has 1 saturated heterocycles. The Morgan fingerprint density at radius 2 is 1.89 bits per heavy atom. The standard InChI is InChI=1S/C21H24N4OS/c1-2-5-17-14-18(8-7-16(17)4-1)25-11-9-24(10-12-25)15-20-22-21(23-26-20)19-6-3-13-27-19/h1-6,13,18H,7-12,14-15H2/t18-/m0/s1. The monoisotopic (exact) mass is 380 g/mol. The highest BCUT2D eigenvalue weighted by atomic mass is 32.1. The lowest BCUT2D eigenvalue weighted by Gasteiger charge is -2.40. The van der Waals surface area contributed by atoms with Crippen LogP contribution in [-0.4, -0.2) is 52.2 Å². The van der Waals surface area contributed by atoms with Crippen LogP contribution in [0.1, 0.15) is 23.4 Å². The minimum atomic E-state index is 0.691. The molecule has 0 amide bonds. The molecule has 5 rings (SSSR count). The quantitative estimate of drug-likeness (QED) is 0.693. The molecule has 140 valence electrons. The number of hydrogen-bond acceptors (Lipinski definition) is 6. The second-order valence-electron chi connectivity index (χ2n) is 7.47. The van der Waals surface area contributed by atoms with Crippen LogP contribution in [0.2, 0.25) is 0 Å². The van der Waals surface area contributed by atoms with Crippen LogP contribution in [0.15, 0.2) is 46.3 Å². The van der Waals surface area contributed by atoms with Gasteiger partial charge in [-0.25, -0.2) is 0 Å². The number of hydrogen-bond donors (Lipinski definition) is 0. The maximum atomic E-state index is 5.46. The summed E-state index contributed by atoms with van der Waals surface area (Å²) in [7, 11) is 0. The second kappa shape index (κ2) is 7.54. The molecule has 0 N–H and O–H groups in total. The Morgan fingerprint density at radius 3 is 2.70 bits per heavy atom. The Morgan fingerprint density at radius 1 is 1.04 bits per heavy atom. The summed E-state index contributed by atoms with van der Waals surface area (Å²) < 4.78 is 5.46. The van der Waals surface area contributed by atoms with Gasteiger partial charge in [-0.05, 0) is 41.8 Å². The lowest BCUT2D eigenvalue weighted by Crippen LogP contribution is -2.51. The van der Waals surface area contributed by atoms with Crippen LogP contribution in [0.25, 0.3) is 10.7 Å². The molecule has 1 fully saturated rings. The molecule has 1 aromatic carbocycles. The Hall–Kier alpha value is -2.02. The first-order chi connectivity index (χ1) is 13.3. The summed E-state index contributed by atoms with van der Waals surface area (Å²) >= 11 is 1.64. The van der Waals surface area contributed by atoms with Crippen molar-refractivity contribution in [3.63, 3.8) is 0 Å². The fourth-order valence-corrected chi connectivity index (χ4v) is 4.94. The highest BCUT2D eigenvalue weighted by molar-refractivity contribution is 7.13. The molecule has 0 spiro atoms. The first kappa shape index (κ1) is 17.1. The Bertz CT molecular complexity index is 883. The predicted octanol–water partition coefficient (Wildman–Crippen LogP) is 3.47. The van der Waals surface area contributed by atoms with E-state index in [0.29, 0.717) is 11.9 Å².